The van der Waals surface area contributed by atoms with Crippen molar-refractivity contribution in [2.24, 2.45) is 5.41 Å². The van der Waals surface area contributed by atoms with Crippen molar-refractivity contribution in [2.75, 3.05) is 20.8 Å². The average molecular weight is 374 g/mol. The molecule has 27 heavy (non-hydrogen) atoms. The Morgan fingerprint density at radius 1 is 1.11 bits per heavy atom. The van der Waals surface area contributed by atoms with Crippen LogP contribution >= 0.6 is 0 Å². The molecule has 2 aromatic rings. The largest absolute Gasteiger partial charge is 0.493 e. The van der Waals surface area contributed by atoms with Gasteiger partial charge < -0.3 is 25.1 Å². The Hall–Kier alpha value is -3.03. The van der Waals surface area contributed by atoms with E-state index >= 15 is 0 Å². The maximum Gasteiger partial charge on any atom is 0.272 e. The van der Waals surface area contributed by atoms with Crippen LogP contribution in [-0.2, 0) is 6.54 Å². The summed E-state index contributed by atoms with van der Waals surface area (Å²) in [5.41, 5.74) is 0.859. The molecular formula is C19H26N4O4. The second-order valence-electron chi connectivity index (χ2n) is 7.20. The summed E-state index contributed by atoms with van der Waals surface area (Å²) in [7, 11) is 3.09. The standard InChI is InChI=1S/C19H26N4O4/c1-19(2,3)10-21-18(25)15-14(22-11-23-15)17(24)20-9-12-7-6-8-13(26-4)16(12)27-5/h6-8,11H,9-10H2,1-5H3,(H,20,24)(H,21,25)(H,22,23). The summed E-state index contributed by atoms with van der Waals surface area (Å²) < 4.78 is 10.6. The number of hydrogen-bond acceptors (Lipinski definition) is 5. The number of hydrogen-bond donors (Lipinski definition) is 3. The Bertz CT molecular complexity index is 808. The van der Waals surface area contributed by atoms with Gasteiger partial charge in [-0.2, -0.15) is 0 Å². The van der Waals surface area contributed by atoms with Crippen molar-refractivity contribution >= 4 is 11.8 Å². The third-order valence-electron chi connectivity index (χ3n) is 3.78. The zero-order valence-corrected chi connectivity index (χ0v) is 16.3. The van der Waals surface area contributed by atoms with Crippen LogP contribution in [0.2, 0.25) is 0 Å². The smallest absolute Gasteiger partial charge is 0.272 e. The van der Waals surface area contributed by atoms with E-state index in [2.05, 4.69) is 20.6 Å². The summed E-state index contributed by atoms with van der Waals surface area (Å²) in [5, 5.41) is 5.56. The quantitative estimate of drug-likeness (QED) is 0.689. The number of carbonyl (C=O) groups excluding carboxylic acids is 2. The fraction of sp³-hybridized carbons (Fsp3) is 0.421. The molecule has 0 radical (unpaired) electrons. The molecule has 0 fully saturated rings. The van der Waals surface area contributed by atoms with Crippen LogP contribution in [0.5, 0.6) is 11.5 Å². The van der Waals surface area contributed by atoms with Crippen molar-refractivity contribution in [3.63, 3.8) is 0 Å². The number of amides is 2. The van der Waals surface area contributed by atoms with E-state index in [0.29, 0.717) is 18.0 Å². The molecule has 0 spiro atoms. The minimum atomic E-state index is -0.432. The second-order valence-corrected chi connectivity index (χ2v) is 7.20. The SMILES string of the molecule is COc1cccc(CNC(=O)c2[nH]cnc2C(=O)NCC(C)(C)C)c1OC. The summed E-state index contributed by atoms with van der Waals surface area (Å²) in [6, 6.07) is 5.41. The van der Waals surface area contributed by atoms with E-state index in [9.17, 15) is 9.59 Å². The van der Waals surface area contributed by atoms with Gasteiger partial charge in [0.05, 0.1) is 20.5 Å². The highest BCUT2D eigenvalue weighted by molar-refractivity contribution is 6.04. The molecule has 0 bridgehead atoms. The summed E-state index contributed by atoms with van der Waals surface area (Å²) >= 11 is 0. The van der Waals surface area contributed by atoms with E-state index in [0.717, 1.165) is 5.56 Å². The third-order valence-corrected chi connectivity index (χ3v) is 3.78. The lowest BCUT2D eigenvalue weighted by atomic mass is 9.97. The first kappa shape index (κ1) is 20.3. The fourth-order valence-electron chi connectivity index (χ4n) is 2.43. The Labute approximate surface area is 158 Å². The first-order chi connectivity index (χ1) is 12.8. The van der Waals surface area contributed by atoms with E-state index in [1.807, 2.05) is 32.9 Å². The highest BCUT2D eigenvalue weighted by Gasteiger charge is 2.22. The molecule has 2 amide bonds. The number of nitrogens with zero attached hydrogens (tertiary/aromatic N) is 1. The number of nitrogens with one attached hydrogen (secondary N) is 3. The molecule has 0 saturated heterocycles. The molecule has 0 saturated carbocycles. The molecule has 0 aliphatic heterocycles. The summed E-state index contributed by atoms with van der Waals surface area (Å²) in [4.78, 5) is 31.6. The predicted molar refractivity (Wildman–Crippen MR) is 101 cm³/mol. The molecule has 0 aliphatic carbocycles. The minimum absolute atomic E-state index is 0.0642. The van der Waals surface area contributed by atoms with Gasteiger partial charge in [-0.15, -0.1) is 0 Å². The Morgan fingerprint density at radius 3 is 2.48 bits per heavy atom. The van der Waals surface area contributed by atoms with Gasteiger partial charge in [0.1, 0.15) is 5.69 Å². The van der Waals surface area contributed by atoms with Crippen LogP contribution in [0.15, 0.2) is 24.5 Å². The third kappa shape index (κ3) is 5.22. The molecule has 0 atom stereocenters. The van der Waals surface area contributed by atoms with Crippen molar-refractivity contribution in [1.82, 2.24) is 20.6 Å². The lowest BCUT2D eigenvalue weighted by molar-refractivity contribution is 0.0905. The predicted octanol–water partition coefficient (Wildman–Crippen LogP) is 2.13. The van der Waals surface area contributed by atoms with Gasteiger partial charge in [0.2, 0.25) is 0 Å². The molecule has 0 unspecified atom stereocenters. The summed E-state index contributed by atoms with van der Waals surface area (Å²) in [6.07, 6.45) is 1.33. The zero-order valence-electron chi connectivity index (χ0n) is 16.3. The number of aromatic nitrogens is 2. The van der Waals surface area contributed by atoms with Crippen molar-refractivity contribution in [3.8, 4) is 11.5 Å². The van der Waals surface area contributed by atoms with Crippen LogP contribution in [0.25, 0.3) is 0 Å². The van der Waals surface area contributed by atoms with Crippen LogP contribution < -0.4 is 20.1 Å². The Morgan fingerprint density at radius 2 is 1.85 bits per heavy atom. The number of ether oxygens (including phenoxy) is 2. The number of imidazole rings is 1. The number of carbonyl (C=O) groups is 2. The number of methoxy groups -OCH3 is 2. The summed E-state index contributed by atoms with van der Waals surface area (Å²) in [6.45, 7) is 6.70. The number of rotatable bonds is 7. The Balaban J connectivity index is 2.08. The monoisotopic (exact) mass is 374 g/mol. The molecule has 2 rings (SSSR count). The molecule has 8 heteroatoms. The van der Waals surface area contributed by atoms with Crippen LogP contribution in [0, 0.1) is 5.41 Å². The number of aromatic amines is 1. The fourth-order valence-corrected chi connectivity index (χ4v) is 2.43. The normalized spacial score (nSPS) is 11.0. The van der Waals surface area contributed by atoms with E-state index in [1.165, 1.54) is 13.4 Å². The van der Waals surface area contributed by atoms with E-state index in [-0.39, 0.29) is 23.3 Å². The Kier molecular flexibility index (Phi) is 6.44. The van der Waals surface area contributed by atoms with Gasteiger partial charge in [-0.3, -0.25) is 9.59 Å². The van der Waals surface area contributed by atoms with Crippen LogP contribution in [-0.4, -0.2) is 42.5 Å². The van der Waals surface area contributed by atoms with Gasteiger partial charge in [0, 0.05) is 18.7 Å². The van der Waals surface area contributed by atoms with Crippen LogP contribution in [0.4, 0.5) is 0 Å². The van der Waals surface area contributed by atoms with Gasteiger partial charge in [0.25, 0.3) is 11.8 Å². The zero-order chi connectivity index (χ0) is 20.0. The molecule has 146 valence electrons. The van der Waals surface area contributed by atoms with Crippen molar-refractivity contribution in [1.29, 1.82) is 0 Å². The molecule has 1 aromatic heterocycles. The van der Waals surface area contributed by atoms with Gasteiger partial charge in [-0.05, 0) is 11.5 Å². The van der Waals surface area contributed by atoms with Crippen LogP contribution in [0.3, 0.4) is 0 Å². The van der Waals surface area contributed by atoms with Crippen molar-refractivity contribution in [3.05, 3.63) is 41.5 Å². The first-order valence-corrected chi connectivity index (χ1v) is 8.56. The number of H-pyrrole nitrogens is 1. The first-order valence-electron chi connectivity index (χ1n) is 8.56. The second kappa shape index (κ2) is 8.57. The maximum atomic E-state index is 12.5. The lowest BCUT2D eigenvalue weighted by Crippen LogP contribution is -2.34. The number of benzene rings is 1. The van der Waals surface area contributed by atoms with Crippen LogP contribution in [0.1, 0.15) is 47.3 Å². The van der Waals surface area contributed by atoms with E-state index in [1.54, 1.807) is 13.2 Å². The minimum Gasteiger partial charge on any atom is -0.493 e. The molecule has 1 heterocycles. The highest BCUT2D eigenvalue weighted by atomic mass is 16.5. The van der Waals surface area contributed by atoms with Gasteiger partial charge in [0.15, 0.2) is 17.2 Å². The highest BCUT2D eigenvalue weighted by Crippen LogP contribution is 2.30. The van der Waals surface area contributed by atoms with E-state index in [4.69, 9.17) is 9.47 Å². The molecular weight excluding hydrogens is 348 g/mol. The molecule has 1 aromatic carbocycles. The molecule has 8 nitrogen and oxygen atoms in total. The number of para-hydroxylation sites is 1. The average Bonchev–Trinajstić information content (AvgIpc) is 3.13. The summed E-state index contributed by atoms with van der Waals surface area (Å²) in [5.74, 6) is 0.301. The van der Waals surface area contributed by atoms with Gasteiger partial charge in [-0.1, -0.05) is 32.9 Å². The van der Waals surface area contributed by atoms with Gasteiger partial charge in [-0.25, -0.2) is 4.98 Å². The van der Waals surface area contributed by atoms with Crippen molar-refractivity contribution in [2.45, 2.75) is 27.3 Å². The topological polar surface area (TPSA) is 105 Å². The van der Waals surface area contributed by atoms with E-state index < -0.39 is 11.8 Å². The molecule has 3 N–H and O–H groups in total. The van der Waals surface area contributed by atoms with Gasteiger partial charge >= 0.3 is 0 Å². The maximum absolute atomic E-state index is 12.5. The van der Waals surface area contributed by atoms with Crippen molar-refractivity contribution < 1.29 is 19.1 Å². The lowest BCUT2D eigenvalue weighted by Gasteiger charge is -2.18. The molecule has 0 aliphatic rings.